The average molecular weight is 277 g/mol. The van der Waals surface area contributed by atoms with E-state index in [4.69, 9.17) is 5.11 Å². The van der Waals surface area contributed by atoms with Gasteiger partial charge in [0.25, 0.3) is 0 Å². The van der Waals surface area contributed by atoms with E-state index >= 15 is 0 Å². The van der Waals surface area contributed by atoms with Gasteiger partial charge in [-0.3, -0.25) is 4.90 Å². The first kappa shape index (κ1) is 14.6. The second kappa shape index (κ2) is 7.69. The lowest BCUT2D eigenvalue weighted by molar-refractivity contribution is 0.173. The van der Waals surface area contributed by atoms with Crippen molar-refractivity contribution in [2.75, 3.05) is 19.7 Å². The van der Waals surface area contributed by atoms with Crippen molar-refractivity contribution in [3.63, 3.8) is 0 Å². The summed E-state index contributed by atoms with van der Waals surface area (Å²) in [6, 6.07) is 2.16. The molecule has 1 aromatic rings. The van der Waals surface area contributed by atoms with E-state index in [0.717, 1.165) is 18.0 Å². The van der Waals surface area contributed by atoms with E-state index in [9.17, 15) is 0 Å². The van der Waals surface area contributed by atoms with Gasteiger partial charge in [-0.2, -0.15) is 0 Å². The summed E-state index contributed by atoms with van der Waals surface area (Å²) in [5.74, 6) is 6.62. The van der Waals surface area contributed by atoms with Gasteiger partial charge in [-0.25, -0.2) is 0 Å². The molecule has 3 heteroatoms. The Morgan fingerprint density at radius 1 is 1.42 bits per heavy atom. The van der Waals surface area contributed by atoms with Crippen LogP contribution in [0, 0.1) is 17.8 Å². The zero-order valence-electron chi connectivity index (χ0n) is 11.7. The van der Waals surface area contributed by atoms with E-state index in [-0.39, 0.29) is 6.61 Å². The van der Waals surface area contributed by atoms with E-state index in [0.29, 0.717) is 0 Å². The Labute approximate surface area is 120 Å². The summed E-state index contributed by atoms with van der Waals surface area (Å²) < 4.78 is 0. The Balaban J connectivity index is 1.80. The Morgan fingerprint density at radius 3 is 2.89 bits per heavy atom. The Morgan fingerprint density at radius 2 is 2.21 bits per heavy atom. The van der Waals surface area contributed by atoms with Crippen LogP contribution in [0.1, 0.15) is 43.0 Å². The van der Waals surface area contributed by atoms with Crippen molar-refractivity contribution >= 4 is 11.3 Å². The maximum atomic E-state index is 8.69. The molecule has 1 aliphatic rings. The number of hydrogen-bond acceptors (Lipinski definition) is 3. The van der Waals surface area contributed by atoms with Crippen LogP contribution in [0.25, 0.3) is 0 Å². The van der Waals surface area contributed by atoms with Crippen LogP contribution in [0.4, 0.5) is 0 Å². The molecule has 0 unspecified atom stereocenters. The zero-order chi connectivity index (χ0) is 13.5. The van der Waals surface area contributed by atoms with Crippen molar-refractivity contribution in [3.05, 3.63) is 21.9 Å². The predicted molar refractivity (Wildman–Crippen MR) is 81.2 cm³/mol. The molecule has 1 saturated heterocycles. The average Bonchev–Trinajstić information content (AvgIpc) is 2.87. The SMILES string of the molecule is CCCC1CCN(Cc2cc(C#CCO)cs2)CC1. The van der Waals surface area contributed by atoms with Crippen molar-refractivity contribution < 1.29 is 5.11 Å². The fourth-order valence-electron chi connectivity index (χ4n) is 2.73. The molecule has 1 aliphatic heterocycles. The molecular formula is C16H23NOS. The van der Waals surface area contributed by atoms with Gasteiger partial charge in [0, 0.05) is 22.4 Å². The van der Waals surface area contributed by atoms with Crippen molar-refractivity contribution in [3.8, 4) is 11.8 Å². The third-order valence-corrected chi connectivity index (χ3v) is 4.67. The normalized spacial score (nSPS) is 17.2. The number of likely N-dealkylation sites (tertiary alicyclic amines) is 1. The van der Waals surface area contributed by atoms with Gasteiger partial charge < -0.3 is 5.11 Å². The number of nitrogens with zero attached hydrogens (tertiary/aromatic N) is 1. The zero-order valence-corrected chi connectivity index (χ0v) is 12.5. The van der Waals surface area contributed by atoms with E-state index in [1.54, 1.807) is 11.3 Å². The molecule has 1 N–H and O–H groups in total. The monoisotopic (exact) mass is 277 g/mol. The summed E-state index contributed by atoms with van der Waals surface area (Å²) in [6.45, 7) is 5.76. The number of piperidine rings is 1. The fourth-order valence-corrected chi connectivity index (χ4v) is 3.59. The van der Waals surface area contributed by atoms with Crippen LogP contribution in [-0.2, 0) is 6.54 Å². The fraction of sp³-hybridized carbons (Fsp3) is 0.625. The number of rotatable bonds is 4. The Kier molecular flexibility index (Phi) is 5.91. The van der Waals surface area contributed by atoms with E-state index in [1.165, 1.54) is 43.6 Å². The first-order valence-corrected chi connectivity index (χ1v) is 8.09. The van der Waals surface area contributed by atoms with Crippen LogP contribution in [0.15, 0.2) is 11.4 Å². The summed E-state index contributed by atoms with van der Waals surface area (Å²) in [6.07, 6.45) is 5.43. The maximum Gasteiger partial charge on any atom is 0.104 e. The Bertz CT molecular complexity index is 435. The molecule has 0 amide bonds. The maximum absolute atomic E-state index is 8.69. The molecule has 0 bridgehead atoms. The second-order valence-electron chi connectivity index (χ2n) is 5.27. The minimum atomic E-state index is -0.0594. The van der Waals surface area contributed by atoms with Gasteiger partial charge in [0.1, 0.15) is 6.61 Å². The summed E-state index contributed by atoms with van der Waals surface area (Å²) in [5.41, 5.74) is 1.04. The standard InChI is InChI=1S/C16H23NOS/c1-2-4-14-6-8-17(9-7-14)12-16-11-15(13-19-16)5-3-10-18/h11,13-14,18H,2,4,6-10,12H2,1H3. The van der Waals surface area contributed by atoms with Gasteiger partial charge >= 0.3 is 0 Å². The lowest BCUT2D eigenvalue weighted by atomic mass is 9.92. The van der Waals surface area contributed by atoms with Crippen LogP contribution < -0.4 is 0 Å². The lowest BCUT2D eigenvalue weighted by Gasteiger charge is -2.31. The predicted octanol–water partition coefficient (Wildman–Crippen LogP) is 3.10. The number of aliphatic hydroxyl groups excluding tert-OH is 1. The molecule has 1 aromatic heterocycles. The second-order valence-corrected chi connectivity index (χ2v) is 6.27. The van der Waals surface area contributed by atoms with Gasteiger partial charge in [-0.1, -0.05) is 31.6 Å². The number of thiophene rings is 1. The van der Waals surface area contributed by atoms with Crippen molar-refractivity contribution in [1.82, 2.24) is 4.90 Å². The molecule has 19 heavy (non-hydrogen) atoms. The van der Waals surface area contributed by atoms with Gasteiger partial charge in [-0.15, -0.1) is 11.3 Å². The number of aliphatic hydroxyl groups is 1. The summed E-state index contributed by atoms with van der Waals surface area (Å²) >= 11 is 1.78. The Hall–Kier alpha value is -0.820. The highest BCUT2D eigenvalue weighted by molar-refractivity contribution is 7.10. The first-order chi connectivity index (χ1) is 9.31. The lowest BCUT2D eigenvalue weighted by Crippen LogP contribution is -2.32. The van der Waals surface area contributed by atoms with Crippen molar-refractivity contribution in [2.45, 2.75) is 39.2 Å². The van der Waals surface area contributed by atoms with Gasteiger partial charge in [-0.05, 0) is 37.9 Å². The first-order valence-electron chi connectivity index (χ1n) is 7.21. The molecule has 2 heterocycles. The molecule has 2 nitrogen and oxygen atoms in total. The summed E-state index contributed by atoms with van der Waals surface area (Å²) in [5, 5.41) is 10.8. The van der Waals surface area contributed by atoms with Crippen LogP contribution in [0.5, 0.6) is 0 Å². The minimum absolute atomic E-state index is 0.0594. The van der Waals surface area contributed by atoms with Crippen LogP contribution in [-0.4, -0.2) is 29.7 Å². The highest BCUT2D eigenvalue weighted by Gasteiger charge is 2.18. The molecule has 0 spiro atoms. The van der Waals surface area contributed by atoms with Gasteiger partial charge in [0.05, 0.1) is 0 Å². The molecule has 0 radical (unpaired) electrons. The molecule has 1 fully saturated rings. The molecule has 0 atom stereocenters. The molecular weight excluding hydrogens is 254 g/mol. The third-order valence-electron chi connectivity index (χ3n) is 3.75. The van der Waals surface area contributed by atoms with Crippen molar-refractivity contribution in [1.29, 1.82) is 0 Å². The third kappa shape index (κ3) is 4.65. The van der Waals surface area contributed by atoms with Crippen LogP contribution >= 0.6 is 11.3 Å². The topological polar surface area (TPSA) is 23.5 Å². The highest BCUT2D eigenvalue weighted by atomic mass is 32.1. The highest BCUT2D eigenvalue weighted by Crippen LogP contribution is 2.24. The van der Waals surface area contributed by atoms with Gasteiger partial charge in [0.2, 0.25) is 0 Å². The molecule has 2 rings (SSSR count). The van der Waals surface area contributed by atoms with Gasteiger partial charge in [0.15, 0.2) is 0 Å². The largest absolute Gasteiger partial charge is 0.384 e. The number of hydrogen-bond donors (Lipinski definition) is 1. The van der Waals surface area contributed by atoms with Crippen molar-refractivity contribution in [2.24, 2.45) is 5.92 Å². The van der Waals surface area contributed by atoms with Crippen LogP contribution in [0.2, 0.25) is 0 Å². The van der Waals surface area contributed by atoms with E-state index in [2.05, 4.69) is 35.1 Å². The quantitative estimate of drug-likeness (QED) is 0.855. The smallest absolute Gasteiger partial charge is 0.104 e. The molecule has 104 valence electrons. The summed E-state index contributed by atoms with van der Waals surface area (Å²) in [4.78, 5) is 3.94. The molecule has 0 saturated carbocycles. The molecule has 0 aromatic carbocycles. The molecule has 0 aliphatic carbocycles. The van der Waals surface area contributed by atoms with E-state index in [1.807, 2.05) is 0 Å². The summed E-state index contributed by atoms with van der Waals surface area (Å²) in [7, 11) is 0. The van der Waals surface area contributed by atoms with E-state index < -0.39 is 0 Å². The van der Waals surface area contributed by atoms with Crippen LogP contribution in [0.3, 0.4) is 0 Å². The minimum Gasteiger partial charge on any atom is -0.384 e.